The van der Waals surface area contributed by atoms with Gasteiger partial charge in [-0.2, -0.15) is 26.3 Å². The first-order valence-corrected chi connectivity index (χ1v) is 10.2. The summed E-state index contributed by atoms with van der Waals surface area (Å²) in [6.07, 6.45) is -8.76. The number of benzene rings is 2. The van der Waals surface area contributed by atoms with Crippen molar-refractivity contribution in [1.29, 1.82) is 0 Å². The Hall–Kier alpha value is -3.63. The monoisotopic (exact) mass is 497 g/mol. The Morgan fingerprint density at radius 1 is 0.829 bits per heavy atom. The third-order valence-electron chi connectivity index (χ3n) is 5.31. The molecule has 0 saturated heterocycles. The van der Waals surface area contributed by atoms with Crippen LogP contribution in [0.4, 0.5) is 35.1 Å². The predicted octanol–water partition coefficient (Wildman–Crippen LogP) is 6.82. The molecule has 0 aliphatic carbocycles. The van der Waals surface area contributed by atoms with Crippen LogP contribution in [0.3, 0.4) is 0 Å². The van der Waals surface area contributed by atoms with Crippen molar-refractivity contribution in [3.8, 4) is 11.1 Å². The van der Waals surface area contributed by atoms with Gasteiger partial charge in [-0.05, 0) is 42.8 Å². The van der Waals surface area contributed by atoms with Crippen LogP contribution in [-0.4, -0.2) is 23.1 Å². The van der Waals surface area contributed by atoms with Crippen LogP contribution in [-0.2, 0) is 18.8 Å². The van der Waals surface area contributed by atoms with Gasteiger partial charge in [0.25, 0.3) is 0 Å². The Balaban J connectivity index is 1.75. The number of halogens is 8. The maximum absolute atomic E-state index is 14.1. The van der Waals surface area contributed by atoms with Gasteiger partial charge in [0.2, 0.25) is 0 Å². The predicted molar refractivity (Wildman–Crippen MR) is 113 cm³/mol. The SMILES string of the molecule is Cc1ccc(-c2ccc(C(F)(F)F)cc2C(F)(F)F)c(CC2C=NC(c3cccc(F)c3F)=N2)n1. The average Bonchev–Trinajstić information content (AvgIpc) is 3.22. The van der Waals surface area contributed by atoms with Crippen molar-refractivity contribution in [2.45, 2.75) is 31.7 Å². The number of nitrogens with zero attached hydrogens (tertiary/aromatic N) is 3. The summed E-state index contributed by atoms with van der Waals surface area (Å²) in [5.74, 6) is -2.32. The van der Waals surface area contributed by atoms with Crippen molar-refractivity contribution in [1.82, 2.24) is 4.98 Å². The van der Waals surface area contributed by atoms with E-state index in [1.54, 1.807) is 6.92 Å². The number of alkyl halides is 6. The fraction of sp³-hybridized carbons (Fsp3) is 0.208. The van der Waals surface area contributed by atoms with Gasteiger partial charge in [0.15, 0.2) is 17.5 Å². The molecule has 1 aliphatic heterocycles. The van der Waals surface area contributed by atoms with E-state index in [4.69, 9.17) is 0 Å². The highest BCUT2D eigenvalue weighted by atomic mass is 19.4. The maximum atomic E-state index is 14.1. The van der Waals surface area contributed by atoms with Crippen LogP contribution < -0.4 is 0 Å². The molecule has 0 N–H and O–H groups in total. The molecular weight excluding hydrogens is 482 g/mol. The van der Waals surface area contributed by atoms with Gasteiger partial charge in [-0.3, -0.25) is 9.98 Å². The van der Waals surface area contributed by atoms with Crippen LogP contribution in [0.15, 0.2) is 58.5 Å². The molecule has 1 atom stereocenters. The van der Waals surface area contributed by atoms with Crippen LogP contribution in [0.1, 0.15) is 28.1 Å². The second-order valence-electron chi connectivity index (χ2n) is 7.81. The minimum atomic E-state index is -5.06. The topological polar surface area (TPSA) is 37.6 Å². The number of pyridine rings is 1. The first kappa shape index (κ1) is 24.5. The summed E-state index contributed by atoms with van der Waals surface area (Å²) in [4.78, 5) is 12.5. The fourth-order valence-corrected chi connectivity index (χ4v) is 3.69. The van der Waals surface area contributed by atoms with Crippen molar-refractivity contribution in [3.05, 3.63) is 88.2 Å². The summed E-state index contributed by atoms with van der Waals surface area (Å²) in [6, 6.07) is 6.93. The number of aliphatic imine (C=N–C) groups is 2. The molecule has 2 heterocycles. The lowest BCUT2D eigenvalue weighted by atomic mass is 9.93. The Labute approximate surface area is 193 Å². The largest absolute Gasteiger partial charge is 0.417 e. The lowest BCUT2D eigenvalue weighted by molar-refractivity contribution is -0.142. The Morgan fingerprint density at radius 3 is 2.23 bits per heavy atom. The summed E-state index contributed by atoms with van der Waals surface area (Å²) in [7, 11) is 0. The minimum Gasteiger partial charge on any atom is -0.257 e. The zero-order valence-electron chi connectivity index (χ0n) is 17.8. The van der Waals surface area contributed by atoms with Crippen LogP contribution in [0, 0.1) is 18.6 Å². The summed E-state index contributed by atoms with van der Waals surface area (Å²) in [6.45, 7) is 1.60. The Kier molecular flexibility index (Phi) is 6.20. The molecule has 182 valence electrons. The van der Waals surface area contributed by atoms with Gasteiger partial charge in [-0.15, -0.1) is 0 Å². The van der Waals surface area contributed by atoms with E-state index in [0.717, 1.165) is 12.1 Å². The molecule has 11 heteroatoms. The molecule has 2 aromatic carbocycles. The van der Waals surface area contributed by atoms with Crippen LogP contribution >= 0.6 is 0 Å². The maximum Gasteiger partial charge on any atom is 0.417 e. The van der Waals surface area contributed by atoms with Gasteiger partial charge in [-0.25, -0.2) is 13.8 Å². The zero-order valence-corrected chi connectivity index (χ0v) is 17.8. The average molecular weight is 497 g/mol. The zero-order chi connectivity index (χ0) is 25.5. The third-order valence-corrected chi connectivity index (χ3v) is 5.31. The van der Waals surface area contributed by atoms with E-state index in [0.29, 0.717) is 11.8 Å². The van der Waals surface area contributed by atoms with Crippen molar-refractivity contribution < 1.29 is 35.1 Å². The third kappa shape index (κ3) is 5.08. The van der Waals surface area contributed by atoms with E-state index in [1.165, 1.54) is 30.5 Å². The van der Waals surface area contributed by atoms with Crippen molar-refractivity contribution >= 4 is 12.1 Å². The number of hydrogen-bond acceptors (Lipinski definition) is 3. The second kappa shape index (κ2) is 8.86. The highest BCUT2D eigenvalue weighted by Crippen LogP contribution is 2.41. The minimum absolute atomic E-state index is 0.0226. The van der Waals surface area contributed by atoms with Crippen LogP contribution in [0.25, 0.3) is 11.1 Å². The molecule has 0 fully saturated rings. The second-order valence-corrected chi connectivity index (χ2v) is 7.81. The van der Waals surface area contributed by atoms with E-state index in [2.05, 4.69) is 15.0 Å². The number of rotatable bonds is 4. The normalized spacial score (nSPS) is 16.0. The number of aromatic nitrogens is 1. The number of aryl methyl sites for hydroxylation is 1. The Morgan fingerprint density at radius 2 is 1.54 bits per heavy atom. The number of hydrogen-bond donors (Lipinski definition) is 0. The quantitative estimate of drug-likeness (QED) is 0.365. The lowest BCUT2D eigenvalue weighted by Gasteiger charge is -2.18. The highest BCUT2D eigenvalue weighted by molar-refractivity contribution is 6.07. The van der Waals surface area contributed by atoms with E-state index in [-0.39, 0.29) is 35.1 Å². The van der Waals surface area contributed by atoms with Gasteiger partial charge >= 0.3 is 12.4 Å². The first-order chi connectivity index (χ1) is 16.3. The standard InChI is InChI=1S/C24H15F8N3/c1-12-5-7-16(15-8-6-13(23(27,28)29)9-18(15)24(30,31)32)20(34-12)10-14-11-33-22(35-14)17-3-2-4-19(25)21(17)26/h2-9,11,14H,10H2,1H3. The summed E-state index contributed by atoms with van der Waals surface area (Å²) >= 11 is 0. The molecule has 35 heavy (non-hydrogen) atoms. The van der Waals surface area contributed by atoms with Crippen LogP contribution in [0.5, 0.6) is 0 Å². The molecule has 1 unspecified atom stereocenters. The molecule has 0 radical (unpaired) electrons. The fourth-order valence-electron chi connectivity index (χ4n) is 3.69. The molecule has 4 rings (SSSR count). The molecule has 0 bridgehead atoms. The van der Waals surface area contributed by atoms with Gasteiger partial charge in [0.05, 0.1) is 28.4 Å². The summed E-state index contributed by atoms with van der Waals surface area (Å²) in [5.41, 5.74) is -2.96. The van der Waals surface area contributed by atoms with Crippen molar-refractivity contribution in [2.24, 2.45) is 9.98 Å². The molecule has 0 saturated carbocycles. The molecule has 3 nitrogen and oxygen atoms in total. The Bertz CT molecular complexity index is 1340. The number of amidine groups is 1. The molecule has 3 aromatic rings. The van der Waals surface area contributed by atoms with Gasteiger partial charge in [0, 0.05) is 23.9 Å². The van der Waals surface area contributed by atoms with E-state index >= 15 is 0 Å². The first-order valence-electron chi connectivity index (χ1n) is 10.2. The van der Waals surface area contributed by atoms with Crippen molar-refractivity contribution in [2.75, 3.05) is 0 Å². The lowest BCUT2D eigenvalue weighted by Crippen LogP contribution is -2.14. The van der Waals surface area contributed by atoms with Gasteiger partial charge < -0.3 is 0 Å². The molecular formula is C24H15F8N3. The van der Waals surface area contributed by atoms with Crippen molar-refractivity contribution in [3.63, 3.8) is 0 Å². The van der Waals surface area contributed by atoms with Gasteiger partial charge in [-0.1, -0.05) is 18.2 Å². The molecule has 1 aromatic heterocycles. The van der Waals surface area contributed by atoms with Crippen LogP contribution in [0.2, 0.25) is 0 Å². The molecule has 1 aliphatic rings. The summed E-state index contributed by atoms with van der Waals surface area (Å²) in [5, 5.41) is 0. The van der Waals surface area contributed by atoms with E-state index < -0.39 is 46.7 Å². The summed E-state index contributed by atoms with van der Waals surface area (Å²) < 4.78 is 108. The van der Waals surface area contributed by atoms with E-state index in [9.17, 15) is 35.1 Å². The van der Waals surface area contributed by atoms with E-state index in [1.807, 2.05) is 0 Å². The smallest absolute Gasteiger partial charge is 0.257 e. The highest BCUT2D eigenvalue weighted by Gasteiger charge is 2.39. The molecule has 0 amide bonds. The molecule has 0 spiro atoms. The van der Waals surface area contributed by atoms with Gasteiger partial charge in [0.1, 0.15) is 0 Å².